The molecule has 1 aromatic heterocycles. The average molecular weight is 578 g/mol. The van der Waals surface area contributed by atoms with E-state index in [-0.39, 0.29) is 34.1 Å². The maximum atomic E-state index is 14.2. The number of ether oxygens (including phenoxy) is 1. The van der Waals surface area contributed by atoms with Crippen LogP contribution in [0.25, 0.3) is 0 Å². The summed E-state index contributed by atoms with van der Waals surface area (Å²) in [4.78, 5) is 44.9. The number of rotatable bonds is 6. The van der Waals surface area contributed by atoms with E-state index in [9.17, 15) is 24.8 Å². The third-order valence-electron chi connectivity index (χ3n) is 8.21. The SMILES string of the molecule is Cc1cc(SN2CCN(C)CC2)[nH]c1C(=O)NC12C(=O)c3cccc([N+](=O)[O-])c3C1(O)Oc1cc(C(C)C)ccc12. The Morgan fingerprint density at radius 2 is 1.93 bits per heavy atom. The van der Waals surface area contributed by atoms with Crippen molar-refractivity contribution in [1.29, 1.82) is 0 Å². The van der Waals surface area contributed by atoms with Crippen LogP contribution in [0.3, 0.4) is 0 Å². The van der Waals surface area contributed by atoms with Gasteiger partial charge < -0.3 is 25.0 Å². The van der Waals surface area contributed by atoms with Crippen LogP contribution in [0.5, 0.6) is 5.75 Å². The predicted molar refractivity (Wildman–Crippen MR) is 152 cm³/mol. The lowest BCUT2D eigenvalue weighted by molar-refractivity contribution is -0.388. The molecule has 3 aliphatic rings. The molecule has 1 aliphatic carbocycles. The number of piperazine rings is 1. The Kier molecular flexibility index (Phi) is 6.49. The number of ketones is 1. The Morgan fingerprint density at radius 3 is 2.61 bits per heavy atom. The first-order chi connectivity index (χ1) is 19.5. The summed E-state index contributed by atoms with van der Waals surface area (Å²) in [5.74, 6) is -3.56. The van der Waals surface area contributed by atoms with Gasteiger partial charge in [-0.1, -0.05) is 38.1 Å². The smallest absolute Gasteiger partial charge is 0.280 e. The first kappa shape index (κ1) is 27.5. The minimum absolute atomic E-state index is 0.0740. The topological polar surface area (TPSA) is 141 Å². The van der Waals surface area contributed by atoms with Crippen molar-refractivity contribution in [3.8, 4) is 5.75 Å². The van der Waals surface area contributed by atoms with E-state index in [0.29, 0.717) is 5.56 Å². The number of carbonyl (C=O) groups excluding carboxylic acids is 2. The fourth-order valence-electron chi connectivity index (χ4n) is 5.94. The van der Waals surface area contributed by atoms with Gasteiger partial charge in [0.25, 0.3) is 17.4 Å². The van der Waals surface area contributed by atoms with Gasteiger partial charge in [0, 0.05) is 43.4 Å². The minimum Gasteiger partial charge on any atom is -0.454 e. The number of Topliss-reactive ketones (excluding diaryl/α,β-unsaturated/α-hetero) is 1. The summed E-state index contributed by atoms with van der Waals surface area (Å²) in [5, 5.41) is 27.8. The third kappa shape index (κ3) is 4.08. The highest BCUT2D eigenvalue weighted by Gasteiger charge is 2.73. The molecule has 2 aromatic carbocycles. The van der Waals surface area contributed by atoms with Gasteiger partial charge in [-0.25, -0.2) is 4.31 Å². The van der Waals surface area contributed by atoms with E-state index in [1.807, 2.05) is 26.0 Å². The summed E-state index contributed by atoms with van der Waals surface area (Å²) in [6.45, 7) is 9.38. The van der Waals surface area contributed by atoms with Crippen molar-refractivity contribution in [2.45, 2.75) is 43.0 Å². The molecule has 1 amide bonds. The second-order valence-corrected chi connectivity index (χ2v) is 12.3. The van der Waals surface area contributed by atoms with E-state index in [1.54, 1.807) is 19.1 Å². The number of amides is 1. The number of hydrogen-bond acceptors (Lipinski definition) is 9. The Hall–Kier alpha value is -3.71. The standard InChI is InChI=1S/C29H31N5O6S/c1-16(2)18-8-9-20-22(15-18)40-29(37)24-19(6-5-7-21(24)34(38)39)26(35)28(20,29)31-27(36)25-17(3)14-23(30-25)41-33-12-10-32(4)11-13-33/h5-9,14-16,30,37H,10-13H2,1-4H3,(H,31,36). The molecule has 12 heteroatoms. The number of nitro groups is 1. The summed E-state index contributed by atoms with van der Waals surface area (Å²) >= 11 is 1.52. The van der Waals surface area contributed by atoms with Crippen LogP contribution in [-0.4, -0.2) is 69.1 Å². The molecule has 3 N–H and O–H groups in total. The number of likely N-dealkylation sites (N-methyl/N-ethyl adjacent to an activating group) is 1. The van der Waals surface area contributed by atoms with Crippen molar-refractivity contribution in [1.82, 2.24) is 19.5 Å². The van der Waals surface area contributed by atoms with Crippen LogP contribution >= 0.6 is 11.9 Å². The van der Waals surface area contributed by atoms with Crippen molar-refractivity contribution in [2.24, 2.45) is 0 Å². The summed E-state index contributed by atoms with van der Waals surface area (Å²) in [6, 6.07) is 11.0. The molecule has 2 atom stereocenters. The van der Waals surface area contributed by atoms with Crippen LogP contribution in [0.15, 0.2) is 47.5 Å². The summed E-state index contributed by atoms with van der Waals surface area (Å²) in [7, 11) is 2.08. The zero-order chi connectivity index (χ0) is 29.3. The van der Waals surface area contributed by atoms with Gasteiger partial charge in [-0.2, -0.15) is 0 Å². The third-order valence-corrected chi connectivity index (χ3v) is 9.25. The largest absolute Gasteiger partial charge is 0.454 e. The molecule has 6 rings (SSSR count). The highest BCUT2D eigenvalue weighted by atomic mass is 32.2. The number of benzene rings is 2. The number of H-pyrrole nitrogens is 1. The number of aryl methyl sites for hydroxylation is 1. The monoisotopic (exact) mass is 577 g/mol. The molecule has 1 fully saturated rings. The molecular formula is C29H31N5O6S. The number of aromatic nitrogens is 1. The average Bonchev–Trinajstić information content (AvgIpc) is 3.48. The van der Waals surface area contributed by atoms with Crippen LogP contribution < -0.4 is 10.1 Å². The number of carbonyl (C=O) groups is 2. The van der Waals surface area contributed by atoms with Crippen LogP contribution in [-0.2, 0) is 11.3 Å². The molecule has 3 heterocycles. The normalized spacial score (nSPS) is 23.7. The first-order valence-electron chi connectivity index (χ1n) is 13.5. The number of fused-ring (bicyclic) bond motifs is 5. The van der Waals surface area contributed by atoms with Gasteiger partial charge >= 0.3 is 0 Å². The number of nitrogens with one attached hydrogen (secondary N) is 2. The molecule has 0 spiro atoms. The van der Waals surface area contributed by atoms with Crippen LogP contribution in [0, 0.1) is 17.0 Å². The lowest BCUT2D eigenvalue weighted by Gasteiger charge is -2.34. The zero-order valence-corrected chi connectivity index (χ0v) is 24.0. The lowest BCUT2D eigenvalue weighted by atomic mass is 9.82. The number of aromatic amines is 1. The number of hydrogen-bond donors (Lipinski definition) is 3. The maximum Gasteiger partial charge on any atom is 0.280 e. The van der Waals surface area contributed by atoms with Gasteiger partial charge in [0.15, 0.2) is 0 Å². The molecule has 214 valence electrons. The van der Waals surface area contributed by atoms with E-state index < -0.39 is 33.6 Å². The van der Waals surface area contributed by atoms with Gasteiger partial charge in [-0.3, -0.25) is 19.7 Å². The minimum atomic E-state index is -2.53. The highest BCUT2D eigenvalue weighted by Crippen LogP contribution is 2.60. The van der Waals surface area contributed by atoms with Gasteiger partial charge in [0.2, 0.25) is 11.3 Å². The van der Waals surface area contributed by atoms with Crippen molar-refractivity contribution in [3.05, 3.63) is 86.1 Å². The molecule has 2 aliphatic heterocycles. The molecule has 1 saturated heterocycles. The Morgan fingerprint density at radius 1 is 1.20 bits per heavy atom. The molecule has 0 radical (unpaired) electrons. The Balaban J connectivity index is 1.42. The van der Waals surface area contributed by atoms with Gasteiger partial charge in [0.1, 0.15) is 17.0 Å². The van der Waals surface area contributed by atoms with Gasteiger partial charge in [0.05, 0.1) is 9.95 Å². The quantitative estimate of drug-likeness (QED) is 0.227. The molecule has 2 unspecified atom stereocenters. The predicted octanol–water partition coefficient (Wildman–Crippen LogP) is 3.67. The van der Waals surface area contributed by atoms with Crippen molar-refractivity contribution in [3.63, 3.8) is 0 Å². The second-order valence-electron chi connectivity index (χ2n) is 11.2. The van der Waals surface area contributed by atoms with Crippen molar-refractivity contribution in [2.75, 3.05) is 33.2 Å². The second kappa shape index (κ2) is 9.69. The van der Waals surface area contributed by atoms with Crippen LogP contribution in [0.1, 0.15) is 62.9 Å². The number of nitrogens with zero attached hydrogens (tertiary/aromatic N) is 3. The molecular weight excluding hydrogens is 546 g/mol. The summed E-state index contributed by atoms with van der Waals surface area (Å²) in [5.41, 5.74) is -0.938. The molecule has 41 heavy (non-hydrogen) atoms. The summed E-state index contributed by atoms with van der Waals surface area (Å²) < 4.78 is 8.29. The first-order valence-corrected chi connectivity index (χ1v) is 14.3. The van der Waals surface area contributed by atoms with E-state index in [2.05, 4.69) is 26.6 Å². The van der Waals surface area contributed by atoms with Crippen molar-refractivity contribution < 1.29 is 24.4 Å². The maximum absolute atomic E-state index is 14.2. The fourth-order valence-corrected chi connectivity index (χ4v) is 6.94. The Bertz CT molecular complexity index is 1600. The zero-order valence-electron chi connectivity index (χ0n) is 23.2. The van der Waals surface area contributed by atoms with Gasteiger partial charge in [-0.05, 0) is 55.1 Å². The van der Waals surface area contributed by atoms with E-state index in [1.165, 1.54) is 30.1 Å². The molecule has 0 bridgehead atoms. The number of nitro benzene ring substituents is 1. The fraction of sp³-hybridized carbons (Fsp3) is 0.379. The molecule has 0 saturated carbocycles. The van der Waals surface area contributed by atoms with Gasteiger partial charge in [-0.15, -0.1) is 0 Å². The van der Waals surface area contributed by atoms with Crippen LogP contribution in [0.4, 0.5) is 5.69 Å². The molecule has 11 nitrogen and oxygen atoms in total. The van der Waals surface area contributed by atoms with E-state index in [4.69, 9.17) is 4.74 Å². The Labute approximate surface area is 241 Å². The highest BCUT2D eigenvalue weighted by molar-refractivity contribution is 7.97. The van der Waals surface area contributed by atoms with Crippen LogP contribution in [0.2, 0.25) is 0 Å². The van der Waals surface area contributed by atoms with E-state index in [0.717, 1.165) is 36.8 Å². The molecule has 3 aromatic rings. The lowest BCUT2D eigenvalue weighted by Crippen LogP contribution is -2.60. The number of aliphatic hydroxyl groups is 1. The van der Waals surface area contributed by atoms with E-state index >= 15 is 0 Å². The summed E-state index contributed by atoms with van der Waals surface area (Å²) in [6.07, 6.45) is 0. The van der Waals surface area contributed by atoms with Crippen molar-refractivity contribution >= 4 is 29.3 Å².